The Bertz CT molecular complexity index is 3900. The summed E-state index contributed by atoms with van der Waals surface area (Å²) in [4.78, 5) is 15.8. The molecular weight excluding hydrogens is 733 g/mol. The number of nitrogens with zero attached hydrogens (tertiary/aromatic N) is 4. The second-order valence-electron chi connectivity index (χ2n) is 15.6. The fourth-order valence-electron chi connectivity index (χ4n) is 9.27. The predicted molar refractivity (Wildman–Crippen MR) is 248 cm³/mol. The summed E-state index contributed by atoms with van der Waals surface area (Å²) in [5.74, 6) is 1.73. The molecule has 3 aromatic heterocycles. The fraction of sp³-hybridized carbons (Fsp3) is 0. The van der Waals surface area contributed by atoms with E-state index < -0.39 is 0 Å². The first-order valence-corrected chi connectivity index (χ1v) is 20.3. The molecule has 0 N–H and O–H groups in total. The van der Waals surface area contributed by atoms with Crippen LogP contribution in [-0.2, 0) is 0 Å². The number of furan rings is 1. The van der Waals surface area contributed by atoms with Crippen LogP contribution in [0.5, 0.6) is 0 Å². The molecule has 13 aromatic rings. The van der Waals surface area contributed by atoms with Crippen molar-refractivity contribution in [1.29, 1.82) is 0 Å². The molecule has 0 spiro atoms. The summed E-state index contributed by atoms with van der Waals surface area (Å²) in [7, 11) is 0. The van der Waals surface area contributed by atoms with Crippen molar-refractivity contribution in [3.05, 3.63) is 194 Å². The minimum absolute atomic E-state index is 0.541. The summed E-state index contributed by atoms with van der Waals surface area (Å²) >= 11 is 0. The smallest absolute Gasteiger partial charge is 0.167 e. The molecule has 5 nitrogen and oxygen atoms in total. The number of hydrogen-bond donors (Lipinski definition) is 0. The largest absolute Gasteiger partial charge is 0.455 e. The molecule has 0 unspecified atom stereocenters. The van der Waals surface area contributed by atoms with Crippen LogP contribution in [0.4, 0.5) is 0 Å². The second-order valence-corrected chi connectivity index (χ2v) is 15.6. The molecular formula is C55H32N4O. The molecule has 0 aliphatic heterocycles. The predicted octanol–water partition coefficient (Wildman–Crippen LogP) is 14.5. The Balaban J connectivity index is 1.12. The van der Waals surface area contributed by atoms with Gasteiger partial charge in [0.1, 0.15) is 11.2 Å². The zero-order valence-electron chi connectivity index (χ0n) is 32.2. The van der Waals surface area contributed by atoms with Crippen molar-refractivity contribution in [2.24, 2.45) is 0 Å². The summed E-state index contributed by atoms with van der Waals surface area (Å²) in [5.41, 5.74) is 7.41. The van der Waals surface area contributed by atoms with Crippen molar-refractivity contribution in [3.63, 3.8) is 0 Å². The highest BCUT2D eigenvalue weighted by Crippen LogP contribution is 2.42. The van der Waals surface area contributed by atoms with E-state index in [1.54, 1.807) is 0 Å². The van der Waals surface area contributed by atoms with Gasteiger partial charge < -0.3 is 8.98 Å². The Labute approximate surface area is 343 Å². The Hall–Kier alpha value is -8.15. The molecule has 0 radical (unpaired) electrons. The van der Waals surface area contributed by atoms with Gasteiger partial charge in [-0.2, -0.15) is 0 Å². The molecule has 60 heavy (non-hydrogen) atoms. The number of benzene rings is 10. The van der Waals surface area contributed by atoms with Crippen LogP contribution in [0.15, 0.2) is 199 Å². The van der Waals surface area contributed by atoms with Gasteiger partial charge in [-0.1, -0.05) is 146 Å². The van der Waals surface area contributed by atoms with Crippen LogP contribution in [0, 0.1) is 0 Å². The lowest BCUT2D eigenvalue weighted by Crippen LogP contribution is -2.01. The molecule has 0 atom stereocenters. The van der Waals surface area contributed by atoms with Gasteiger partial charge in [0.25, 0.3) is 0 Å². The topological polar surface area (TPSA) is 56.7 Å². The van der Waals surface area contributed by atoms with E-state index in [9.17, 15) is 0 Å². The average Bonchev–Trinajstić information content (AvgIpc) is 3.83. The fourth-order valence-corrected chi connectivity index (χ4v) is 9.27. The second kappa shape index (κ2) is 12.7. The van der Waals surface area contributed by atoms with Gasteiger partial charge in [-0.05, 0) is 91.6 Å². The normalized spacial score (nSPS) is 12.0. The van der Waals surface area contributed by atoms with E-state index in [0.29, 0.717) is 17.5 Å². The van der Waals surface area contributed by atoms with Gasteiger partial charge >= 0.3 is 0 Å². The van der Waals surface area contributed by atoms with Crippen molar-refractivity contribution in [1.82, 2.24) is 19.5 Å². The van der Waals surface area contributed by atoms with Crippen LogP contribution >= 0.6 is 0 Å². The van der Waals surface area contributed by atoms with Crippen LogP contribution in [0.2, 0.25) is 0 Å². The first kappa shape index (κ1) is 32.9. The minimum atomic E-state index is 0.541. The molecule has 13 rings (SSSR count). The van der Waals surface area contributed by atoms with Crippen molar-refractivity contribution in [2.75, 3.05) is 0 Å². The van der Waals surface area contributed by atoms with E-state index in [0.717, 1.165) is 71.5 Å². The summed E-state index contributed by atoms with van der Waals surface area (Å²) in [5, 5.41) is 13.9. The van der Waals surface area contributed by atoms with E-state index in [2.05, 4.69) is 180 Å². The summed E-state index contributed by atoms with van der Waals surface area (Å²) in [6, 6.07) is 68.7. The lowest BCUT2D eigenvalue weighted by atomic mass is 10.00. The standard InChI is InChI=1S/C55H32N4O/c1-2-13-34(14-3-1)53-56-54(40-24-25-43-39(26-40)23-22-33-12-8-9-19-42(33)43)58-55(57-53)48-32-41(31-47-46-28-36-16-5-7-18-38(36)30-51(46)60-52(47)48)59-49-21-11-10-20-44(49)45-27-35-15-4-6-17-37(35)29-50(45)59/h1-32H. The van der Waals surface area contributed by atoms with Gasteiger partial charge in [-0.3, -0.25) is 0 Å². The zero-order chi connectivity index (χ0) is 39.3. The van der Waals surface area contributed by atoms with E-state index >= 15 is 0 Å². The van der Waals surface area contributed by atoms with Crippen molar-refractivity contribution in [3.8, 4) is 39.9 Å². The maximum Gasteiger partial charge on any atom is 0.167 e. The minimum Gasteiger partial charge on any atom is -0.455 e. The SMILES string of the molecule is c1ccc(-c2nc(-c3ccc4c(ccc5ccccc54)c3)nc(-c3cc(-n4c5ccccc5c5cc6ccccc6cc54)cc4c3oc3cc5ccccc5cc34)n2)cc1. The molecule has 0 saturated carbocycles. The molecule has 0 aliphatic carbocycles. The third-order valence-electron chi connectivity index (χ3n) is 12.1. The van der Waals surface area contributed by atoms with Gasteiger partial charge in [0.05, 0.1) is 16.6 Å². The molecule has 0 amide bonds. The highest BCUT2D eigenvalue weighted by molar-refractivity contribution is 6.16. The Morgan fingerprint density at radius 3 is 1.73 bits per heavy atom. The monoisotopic (exact) mass is 764 g/mol. The van der Waals surface area contributed by atoms with E-state index in [1.807, 2.05) is 18.2 Å². The van der Waals surface area contributed by atoms with E-state index in [1.165, 1.54) is 37.7 Å². The first-order chi connectivity index (χ1) is 29.7. The summed E-state index contributed by atoms with van der Waals surface area (Å²) in [6.45, 7) is 0. The maximum atomic E-state index is 6.93. The van der Waals surface area contributed by atoms with Crippen molar-refractivity contribution < 1.29 is 4.42 Å². The Kier molecular flexibility index (Phi) is 6.95. The maximum absolute atomic E-state index is 6.93. The highest BCUT2D eigenvalue weighted by atomic mass is 16.3. The summed E-state index contributed by atoms with van der Waals surface area (Å²) < 4.78 is 9.31. The molecule has 10 aromatic carbocycles. The number of aromatic nitrogens is 4. The number of fused-ring (bicyclic) bond motifs is 11. The average molecular weight is 765 g/mol. The zero-order valence-corrected chi connectivity index (χ0v) is 32.2. The lowest BCUT2D eigenvalue weighted by molar-refractivity contribution is 0.670. The van der Waals surface area contributed by atoms with Crippen LogP contribution < -0.4 is 0 Å². The van der Waals surface area contributed by atoms with Gasteiger partial charge in [0.15, 0.2) is 17.5 Å². The molecule has 278 valence electrons. The highest BCUT2D eigenvalue weighted by Gasteiger charge is 2.22. The van der Waals surface area contributed by atoms with E-state index in [4.69, 9.17) is 19.4 Å². The van der Waals surface area contributed by atoms with Crippen LogP contribution in [0.3, 0.4) is 0 Å². The van der Waals surface area contributed by atoms with Crippen LogP contribution in [-0.4, -0.2) is 19.5 Å². The molecule has 0 fully saturated rings. The number of hydrogen-bond acceptors (Lipinski definition) is 4. The molecule has 0 bridgehead atoms. The quantitative estimate of drug-likeness (QED) is 0.167. The number of para-hydroxylation sites is 1. The molecule has 0 saturated heterocycles. The van der Waals surface area contributed by atoms with Gasteiger partial charge in [0, 0.05) is 38.4 Å². The summed E-state index contributed by atoms with van der Waals surface area (Å²) in [6.07, 6.45) is 0. The third-order valence-corrected chi connectivity index (χ3v) is 12.1. The van der Waals surface area contributed by atoms with Gasteiger partial charge in [-0.25, -0.2) is 15.0 Å². The molecule has 3 heterocycles. The van der Waals surface area contributed by atoms with Gasteiger partial charge in [-0.15, -0.1) is 0 Å². The Morgan fingerprint density at radius 1 is 0.333 bits per heavy atom. The molecule has 0 aliphatic rings. The van der Waals surface area contributed by atoms with Crippen molar-refractivity contribution in [2.45, 2.75) is 0 Å². The third kappa shape index (κ3) is 5.03. The van der Waals surface area contributed by atoms with E-state index in [-0.39, 0.29) is 0 Å². The lowest BCUT2D eigenvalue weighted by Gasteiger charge is -2.13. The number of rotatable bonds is 4. The first-order valence-electron chi connectivity index (χ1n) is 20.3. The van der Waals surface area contributed by atoms with Gasteiger partial charge in [0.2, 0.25) is 0 Å². The van der Waals surface area contributed by atoms with Crippen LogP contribution in [0.1, 0.15) is 0 Å². The van der Waals surface area contributed by atoms with Crippen molar-refractivity contribution >= 4 is 86.8 Å². The van der Waals surface area contributed by atoms with Crippen LogP contribution in [0.25, 0.3) is 127 Å². The molecule has 5 heteroatoms. The Morgan fingerprint density at radius 2 is 0.933 bits per heavy atom.